The van der Waals surface area contributed by atoms with Crippen molar-refractivity contribution in [3.8, 4) is 11.5 Å². The van der Waals surface area contributed by atoms with Gasteiger partial charge in [-0.05, 0) is 37.3 Å². The van der Waals surface area contributed by atoms with Gasteiger partial charge in [-0.25, -0.2) is 4.79 Å². The van der Waals surface area contributed by atoms with Crippen LogP contribution in [-0.2, 0) is 11.3 Å². The van der Waals surface area contributed by atoms with E-state index < -0.39 is 5.76 Å². The molecule has 0 spiro atoms. The number of para-hydroxylation sites is 2. The number of aromatic nitrogens is 1. The Hall–Kier alpha value is -3.22. The van der Waals surface area contributed by atoms with Crippen molar-refractivity contribution in [1.29, 1.82) is 0 Å². The van der Waals surface area contributed by atoms with Gasteiger partial charge in [-0.15, -0.1) is 0 Å². The molecular weight excluding hydrogens is 336 g/mol. The van der Waals surface area contributed by atoms with Crippen LogP contribution in [0, 0.1) is 0 Å². The van der Waals surface area contributed by atoms with E-state index >= 15 is 0 Å². The summed E-state index contributed by atoms with van der Waals surface area (Å²) in [5.74, 6) is 0.437. The molecule has 1 N–H and O–H groups in total. The largest absolute Gasteiger partial charge is 0.497 e. The molecule has 7 nitrogen and oxygen atoms in total. The molecule has 2 aromatic carbocycles. The molecule has 26 heavy (non-hydrogen) atoms. The van der Waals surface area contributed by atoms with Crippen LogP contribution in [0.25, 0.3) is 11.1 Å². The Bertz CT molecular complexity index is 989. The maximum atomic E-state index is 12.5. The van der Waals surface area contributed by atoms with Crippen LogP contribution in [0.4, 0.5) is 0 Å². The molecule has 3 rings (SSSR count). The number of rotatable bonds is 6. The maximum absolute atomic E-state index is 12.5. The average molecular weight is 356 g/mol. The van der Waals surface area contributed by atoms with Crippen LogP contribution in [0.1, 0.15) is 18.5 Å². The van der Waals surface area contributed by atoms with E-state index in [1.165, 1.54) is 4.57 Å². The minimum Gasteiger partial charge on any atom is -0.497 e. The van der Waals surface area contributed by atoms with Crippen molar-refractivity contribution in [2.75, 3.05) is 14.2 Å². The Morgan fingerprint density at radius 2 is 1.96 bits per heavy atom. The summed E-state index contributed by atoms with van der Waals surface area (Å²) < 4.78 is 17.0. The van der Waals surface area contributed by atoms with Crippen molar-refractivity contribution < 1.29 is 18.7 Å². The first-order valence-corrected chi connectivity index (χ1v) is 8.13. The summed E-state index contributed by atoms with van der Waals surface area (Å²) in [6.07, 6.45) is 0. The van der Waals surface area contributed by atoms with Crippen molar-refractivity contribution in [2.45, 2.75) is 19.5 Å². The number of amides is 1. The van der Waals surface area contributed by atoms with Gasteiger partial charge in [0.1, 0.15) is 18.0 Å². The molecule has 3 aromatic rings. The third-order valence-electron chi connectivity index (χ3n) is 4.16. The number of fused-ring (bicyclic) bond motifs is 1. The first-order valence-electron chi connectivity index (χ1n) is 8.13. The van der Waals surface area contributed by atoms with Gasteiger partial charge < -0.3 is 19.2 Å². The lowest BCUT2D eigenvalue weighted by molar-refractivity contribution is -0.122. The molecule has 1 amide bonds. The molecule has 136 valence electrons. The summed E-state index contributed by atoms with van der Waals surface area (Å²) in [5, 5.41) is 2.88. The maximum Gasteiger partial charge on any atom is 0.420 e. The quantitative estimate of drug-likeness (QED) is 0.734. The molecule has 0 aliphatic rings. The number of hydrogen-bond acceptors (Lipinski definition) is 5. The molecule has 0 saturated carbocycles. The zero-order valence-corrected chi connectivity index (χ0v) is 14.8. The van der Waals surface area contributed by atoms with Crippen molar-refractivity contribution in [3.05, 3.63) is 58.6 Å². The lowest BCUT2D eigenvalue weighted by atomic mass is 10.1. The van der Waals surface area contributed by atoms with E-state index in [-0.39, 0.29) is 18.5 Å². The number of ether oxygens (including phenoxy) is 2. The number of oxazole rings is 1. The van der Waals surface area contributed by atoms with Crippen LogP contribution in [0.2, 0.25) is 0 Å². The van der Waals surface area contributed by atoms with Gasteiger partial charge in [0.05, 0.1) is 25.8 Å². The summed E-state index contributed by atoms with van der Waals surface area (Å²) in [6, 6.07) is 12.0. The van der Waals surface area contributed by atoms with Crippen molar-refractivity contribution in [2.24, 2.45) is 0 Å². The Labute approximate surface area is 150 Å². The van der Waals surface area contributed by atoms with Crippen LogP contribution in [0.5, 0.6) is 11.5 Å². The van der Waals surface area contributed by atoms with Gasteiger partial charge in [-0.2, -0.15) is 0 Å². The average Bonchev–Trinajstić information content (AvgIpc) is 2.96. The predicted octanol–water partition coefficient (Wildman–Crippen LogP) is 2.49. The van der Waals surface area contributed by atoms with E-state index in [1.807, 2.05) is 13.0 Å². The Kier molecular flexibility index (Phi) is 4.97. The summed E-state index contributed by atoms with van der Waals surface area (Å²) in [4.78, 5) is 24.5. The summed E-state index contributed by atoms with van der Waals surface area (Å²) in [5.41, 5.74) is 1.82. The number of benzene rings is 2. The van der Waals surface area contributed by atoms with Crippen LogP contribution in [0.3, 0.4) is 0 Å². The molecule has 0 radical (unpaired) electrons. The SMILES string of the molecule is COc1ccc(OC)c([C@H](C)NC(=O)Cn2c(=O)oc3ccccc32)c1. The number of methoxy groups -OCH3 is 2. The van der Waals surface area contributed by atoms with Crippen LogP contribution in [0.15, 0.2) is 51.7 Å². The number of hydrogen-bond donors (Lipinski definition) is 1. The summed E-state index contributed by atoms with van der Waals surface area (Å²) in [7, 11) is 3.14. The van der Waals surface area contributed by atoms with Crippen LogP contribution in [-0.4, -0.2) is 24.7 Å². The highest BCUT2D eigenvalue weighted by atomic mass is 16.5. The molecule has 0 unspecified atom stereocenters. The normalized spacial score (nSPS) is 12.0. The van der Waals surface area contributed by atoms with Gasteiger partial charge in [0, 0.05) is 5.56 Å². The fourth-order valence-electron chi connectivity index (χ4n) is 2.85. The van der Waals surface area contributed by atoms with Gasteiger partial charge in [-0.1, -0.05) is 12.1 Å². The molecule has 0 aliphatic carbocycles. The predicted molar refractivity (Wildman–Crippen MR) is 96.6 cm³/mol. The van der Waals surface area contributed by atoms with E-state index in [1.54, 1.807) is 50.6 Å². The Morgan fingerprint density at radius 3 is 2.69 bits per heavy atom. The van der Waals surface area contributed by atoms with E-state index in [4.69, 9.17) is 13.9 Å². The summed E-state index contributed by atoms with van der Waals surface area (Å²) >= 11 is 0. The first-order chi connectivity index (χ1) is 12.5. The highest BCUT2D eigenvalue weighted by Gasteiger charge is 2.17. The fraction of sp³-hybridized carbons (Fsp3) is 0.263. The molecule has 1 aromatic heterocycles. The standard InChI is InChI=1S/C19H20N2O5/c1-12(14-10-13(24-2)8-9-16(14)25-3)20-18(22)11-21-15-6-4-5-7-17(15)26-19(21)23/h4-10,12H,11H2,1-3H3,(H,20,22)/t12-/m0/s1. The number of nitrogens with zero attached hydrogens (tertiary/aromatic N) is 1. The van der Waals surface area contributed by atoms with Gasteiger partial charge in [-0.3, -0.25) is 9.36 Å². The Morgan fingerprint density at radius 1 is 1.19 bits per heavy atom. The smallest absolute Gasteiger partial charge is 0.420 e. The zero-order chi connectivity index (χ0) is 18.7. The Balaban J connectivity index is 1.79. The third kappa shape index (κ3) is 3.42. The summed E-state index contributed by atoms with van der Waals surface area (Å²) in [6.45, 7) is 1.71. The molecule has 0 fully saturated rings. The second-order valence-electron chi connectivity index (χ2n) is 5.82. The highest BCUT2D eigenvalue weighted by molar-refractivity contribution is 5.79. The fourth-order valence-corrected chi connectivity index (χ4v) is 2.85. The van der Waals surface area contributed by atoms with Crippen molar-refractivity contribution in [3.63, 3.8) is 0 Å². The van der Waals surface area contributed by atoms with Gasteiger partial charge in [0.2, 0.25) is 5.91 Å². The molecule has 0 saturated heterocycles. The molecular formula is C19H20N2O5. The molecule has 1 heterocycles. The number of carbonyl (C=O) groups is 1. The lowest BCUT2D eigenvalue weighted by Gasteiger charge is -2.18. The van der Waals surface area contributed by atoms with Gasteiger partial charge >= 0.3 is 5.76 Å². The highest BCUT2D eigenvalue weighted by Crippen LogP contribution is 2.29. The second kappa shape index (κ2) is 7.35. The minimum atomic E-state index is -0.562. The van der Waals surface area contributed by atoms with Gasteiger partial charge in [0.15, 0.2) is 5.58 Å². The van der Waals surface area contributed by atoms with E-state index in [0.29, 0.717) is 22.6 Å². The van der Waals surface area contributed by atoms with Crippen LogP contribution >= 0.6 is 0 Å². The van der Waals surface area contributed by atoms with Crippen molar-refractivity contribution in [1.82, 2.24) is 9.88 Å². The number of nitrogens with one attached hydrogen (secondary N) is 1. The van der Waals surface area contributed by atoms with Crippen molar-refractivity contribution >= 4 is 17.0 Å². The van der Waals surface area contributed by atoms with E-state index in [9.17, 15) is 9.59 Å². The molecule has 1 atom stereocenters. The lowest BCUT2D eigenvalue weighted by Crippen LogP contribution is -2.32. The zero-order valence-electron chi connectivity index (χ0n) is 14.8. The first kappa shape index (κ1) is 17.6. The third-order valence-corrected chi connectivity index (χ3v) is 4.16. The topological polar surface area (TPSA) is 82.7 Å². The molecule has 0 bridgehead atoms. The molecule has 0 aliphatic heterocycles. The van der Waals surface area contributed by atoms with E-state index in [0.717, 1.165) is 5.56 Å². The number of carbonyl (C=O) groups excluding carboxylic acids is 1. The van der Waals surface area contributed by atoms with E-state index in [2.05, 4.69) is 5.32 Å². The minimum absolute atomic E-state index is 0.132. The molecule has 7 heteroatoms. The monoisotopic (exact) mass is 356 g/mol. The van der Waals surface area contributed by atoms with Crippen LogP contribution < -0.4 is 20.5 Å². The second-order valence-corrected chi connectivity index (χ2v) is 5.82. The van der Waals surface area contributed by atoms with Gasteiger partial charge in [0.25, 0.3) is 0 Å².